The van der Waals surface area contributed by atoms with Crippen molar-refractivity contribution < 1.29 is 0 Å². The van der Waals surface area contributed by atoms with Crippen LogP contribution in [0.4, 0.5) is 0 Å². The molecule has 0 amide bonds. The summed E-state index contributed by atoms with van der Waals surface area (Å²) < 4.78 is 0. The normalized spacial score (nSPS) is 7.00. The van der Waals surface area contributed by atoms with Crippen LogP contribution in [0, 0.1) is 0 Å². The van der Waals surface area contributed by atoms with E-state index in [4.69, 9.17) is 11.1 Å². The fourth-order valence-corrected chi connectivity index (χ4v) is 0.0719. The lowest BCUT2D eigenvalue weighted by atomic mass is 11.1. The molecule has 0 bridgehead atoms. The first-order chi connectivity index (χ1) is 3.72. The SMILES string of the molecule is O=c1[nH]c1=O.[N-]=[N+]=[N-]. The number of nitrogens with one attached hydrogen (secondary N) is 1. The topological polar surface area (TPSA) is 109 Å². The van der Waals surface area contributed by atoms with Crippen molar-refractivity contribution >= 4 is 0 Å². The third-order valence-corrected chi connectivity index (χ3v) is 0.371. The molecule has 0 spiro atoms. The first-order valence-electron chi connectivity index (χ1n) is 1.56. The smallest absolute Gasteiger partial charge is 0.316 e. The Hall–Kier alpha value is -1.55. The van der Waals surface area contributed by atoms with Gasteiger partial charge in [-0.2, -0.15) is 0 Å². The molecular weight excluding hydrogens is 112 g/mol. The highest BCUT2D eigenvalue weighted by Crippen LogP contribution is 1.29. The predicted octanol–water partition coefficient (Wildman–Crippen LogP) is -0.523. The molecular formula is C2HN4O2-. The first-order valence-corrected chi connectivity index (χ1v) is 1.56. The monoisotopic (exact) mass is 113 g/mol. The summed E-state index contributed by atoms with van der Waals surface area (Å²) in [4.78, 5) is 22.3. The summed E-state index contributed by atoms with van der Waals surface area (Å²) in [6.07, 6.45) is 0. The Morgan fingerprint density at radius 2 is 1.38 bits per heavy atom. The van der Waals surface area contributed by atoms with Gasteiger partial charge in [0.1, 0.15) is 0 Å². The van der Waals surface area contributed by atoms with E-state index in [1.165, 1.54) is 4.91 Å². The van der Waals surface area contributed by atoms with Gasteiger partial charge >= 0.3 is 11.1 Å². The van der Waals surface area contributed by atoms with Gasteiger partial charge in [0, 0.05) is 0 Å². The highest BCUT2D eigenvalue weighted by atomic mass is 16.2. The first kappa shape index (κ1) is 6.45. The Morgan fingerprint density at radius 3 is 1.38 bits per heavy atom. The molecule has 0 aliphatic carbocycles. The van der Waals surface area contributed by atoms with Gasteiger partial charge in [-0.25, -0.2) is 0 Å². The Balaban J connectivity index is 0.000000145. The van der Waals surface area contributed by atoms with Crippen molar-refractivity contribution in [1.29, 1.82) is 0 Å². The fraction of sp³-hybridized carbons (Fsp3) is 0. The number of H-pyrrole nitrogens is 1. The molecule has 1 rings (SSSR count). The third-order valence-electron chi connectivity index (χ3n) is 0.371. The minimum Gasteiger partial charge on any atom is -0.373 e. The summed E-state index contributed by atoms with van der Waals surface area (Å²) in [6, 6.07) is 0. The van der Waals surface area contributed by atoms with Crippen LogP contribution in [0.15, 0.2) is 9.59 Å². The van der Waals surface area contributed by atoms with Crippen molar-refractivity contribution in [3.63, 3.8) is 0 Å². The van der Waals surface area contributed by atoms with Crippen molar-refractivity contribution in [1.82, 2.24) is 4.98 Å². The number of hydrogen-bond acceptors (Lipinski definition) is 2. The van der Waals surface area contributed by atoms with Gasteiger partial charge in [-0.05, 0) is 0 Å². The number of aromatic nitrogens is 1. The largest absolute Gasteiger partial charge is 0.373 e. The van der Waals surface area contributed by atoms with Crippen molar-refractivity contribution in [2.45, 2.75) is 0 Å². The standard InChI is InChI=1S/C2HNO2.N3/c4-1-2(5)3-1;1-3-2/h(H,3,4,5);/q;-1. The lowest BCUT2D eigenvalue weighted by Gasteiger charge is -1.31. The molecule has 8 heavy (non-hydrogen) atoms. The second-order valence-electron chi connectivity index (χ2n) is 0.873. The van der Waals surface area contributed by atoms with Crippen molar-refractivity contribution in [2.24, 2.45) is 0 Å². The average Bonchev–Trinajstić information content (AvgIpc) is 2.22. The minimum absolute atomic E-state index is 0.468. The Bertz CT molecular complexity index is 225. The highest BCUT2D eigenvalue weighted by molar-refractivity contribution is 4.78. The molecule has 6 heteroatoms. The van der Waals surface area contributed by atoms with Crippen molar-refractivity contribution in [3.8, 4) is 0 Å². The van der Waals surface area contributed by atoms with E-state index in [1.54, 1.807) is 0 Å². The maximum Gasteiger partial charge on any atom is 0.316 e. The molecule has 6 nitrogen and oxygen atoms in total. The van der Waals surface area contributed by atoms with E-state index in [0.29, 0.717) is 0 Å². The maximum absolute atomic E-state index is 9.43. The van der Waals surface area contributed by atoms with Crippen LogP contribution in [0.3, 0.4) is 0 Å². The van der Waals surface area contributed by atoms with Gasteiger partial charge in [-0.3, -0.25) is 19.5 Å². The zero-order valence-corrected chi connectivity index (χ0v) is 3.66. The van der Waals surface area contributed by atoms with Gasteiger partial charge in [0.25, 0.3) is 0 Å². The Labute approximate surface area is 42.9 Å². The Kier molecular flexibility index (Phi) is 2.09. The summed E-state index contributed by atoms with van der Waals surface area (Å²) >= 11 is 0. The molecule has 1 heterocycles. The second-order valence-corrected chi connectivity index (χ2v) is 0.873. The second kappa shape index (κ2) is 2.59. The summed E-state index contributed by atoms with van der Waals surface area (Å²) in [7, 11) is 0. The van der Waals surface area contributed by atoms with Gasteiger partial charge in [0.2, 0.25) is 0 Å². The summed E-state index contributed by atoms with van der Waals surface area (Å²) in [5, 5.41) is 0. The Morgan fingerprint density at radius 1 is 1.25 bits per heavy atom. The molecule has 0 saturated carbocycles. The van der Waals surface area contributed by atoms with Crippen LogP contribution in [0.1, 0.15) is 0 Å². The van der Waals surface area contributed by atoms with Gasteiger partial charge in [-0.1, -0.05) is 0 Å². The van der Waals surface area contributed by atoms with Crippen LogP contribution >= 0.6 is 0 Å². The van der Waals surface area contributed by atoms with Gasteiger partial charge in [0.05, 0.1) is 0 Å². The molecule has 0 aliphatic heterocycles. The molecule has 0 fully saturated rings. The average molecular weight is 113 g/mol. The van der Waals surface area contributed by atoms with Crippen LogP contribution in [0.5, 0.6) is 0 Å². The summed E-state index contributed by atoms with van der Waals surface area (Å²) in [5.74, 6) is 0. The molecule has 0 saturated heterocycles. The summed E-state index contributed by atoms with van der Waals surface area (Å²) in [6.45, 7) is 0. The molecule has 0 unspecified atom stereocenters. The van der Waals surface area contributed by atoms with Gasteiger partial charge < -0.3 is 11.1 Å². The number of aromatic amines is 1. The van der Waals surface area contributed by atoms with E-state index in [-0.39, 0.29) is 0 Å². The quantitative estimate of drug-likeness (QED) is 0.211. The number of nitrogens with zero attached hydrogens (tertiary/aromatic N) is 3. The van der Waals surface area contributed by atoms with Crippen LogP contribution in [0.25, 0.3) is 16.0 Å². The molecule has 0 radical (unpaired) electrons. The third kappa shape index (κ3) is 2.67. The van der Waals surface area contributed by atoms with E-state index in [9.17, 15) is 9.59 Å². The van der Waals surface area contributed by atoms with E-state index >= 15 is 0 Å². The van der Waals surface area contributed by atoms with E-state index < -0.39 is 11.1 Å². The fourth-order valence-electron chi connectivity index (χ4n) is 0.0719. The molecule has 1 aromatic rings. The van der Waals surface area contributed by atoms with E-state index in [0.717, 1.165) is 0 Å². The minimum atomic E-state index is -0.468. The van der Waals surface area contributed by atoms with E-state index in [2.05, 4.69) is 0 Å². The lowest BCUT2D eigenvalue weighted by molar-refractivity contribution is 1.56. The molecule has 42 valence electrons. The van der Waals surface area contributed by atoms with Crippen LogP contribution < -0.4 is 11.1 Å². The van der Waals surface area contributed by atoms with Crippen LogP contribution in [0.2, 0.25) is 0 Å². The van der Waals surface area contributed by atoms with Crippen molar-refractivity contribution in [2.75, 3.05) is 0 Å². The zero-order valence-electron chi connectivity index (χ0n) is 3.66. The molecule has 0 aliphatic rings. The van der Waals surface area contributed by atoms with Gasteiger partial charge in [-0.15, -0.1) is 0 Å². The maximum atomic E-state index is 9.43. The van der Waals surface area contributed by atoms with Gasteiger partial charge in [0.15, 0.2) is 0 Å². The highest BCUT2D eigenvalue weighted by Gasteiger charge is 1.96. The van der Waals surface area contributed by atoms with Crippen molar-refractivity contribution in [3.05, 3.63) is 36.7 Å². The van der Waals surface area contributed by atoms with Crippen LogP contribution in [-0.2, 0) is 0 Å². The number of hydrogen-bond donors (Lipinski definition) is 1. The molecule has 1 aromatic heterocycles. The summed E-state index contributed by atoms with van der Waals surface area (Å²) in [5.41, 5.74) is 12.6. The molecule has 0 atom stereocenters. The molecule has 0 aromatic carbocycles. The van der Waals surface area contributed by atoms with E-state index in [1.807, 2.05) is 4.98 Å². The lowest BCUT2D eigenvalue weighted by Crippen LogP contribution is -1.88. The number of rotatable bonds is 0. The molecule has 1 N–H and O–H groups in total. The predicted molar refractivity (Wildman–Crippen MR) is 25.8 cm³/mol. The zero-order chi connectivity index (χ0) is 6.57. The van der Waals surface area contributed by atoms with Crippen LogP contribution in [-0.4, -0.2) is 4.98 Å².